The van der Waals surface area contributed by atoms with Crippen molar-refractivity contribution >= 4 is 17.5 Å². The number of benzene rings is 1. The number of piperidine rings is 1. The lowest BCUT2D eigenvalue weighted by Gasteiger charge is -2.26. The Morgan fingerprint density at radius 3 is 2.68 bits per heavy atom. The van der Waals surface area contributed by atoms with Gasteiger partial charge in [-0.1, -0.05) is 36.2 Å². The average molecular weight is 281 g/mol. The first-order valence-corrected chi connectivity index (χ1v) is 7.31. The highest BCUT2D eigenvalue weighted by atomic mass is 35.5. The molecule has 1 amide bonds. The Labute approximate surface area is 119 Å². The molecule has 1 heterocycles. The van der Waals surface area contributed by atoms with Crippen molar-refractivity contribution in [3.8, 4) is 0 Å². The topological polar surface area (TPSA) is 32.3 Å². The molecule has 1 unspecified atom stereocenters. The number of nitrogens with zero attached hydrogens (tertiary/aromatic N) is 1. The molecule has 1 aliphatic heterocycles. The lowest BCUT2D eigenvalue weighted by Crippen LogP contribution is -2.40. The highest BCUT2D eigenvalue weighted by Gasteiger charge is 2.16. The Kier molecular flexibility index (Phi) is 5.23. The largest absolute Gasteiger partial charge is 0.348 e. The monoisotopic (exact) mass is 280 g/mol. The summed E-state index contributed by atoms with van der Waals surface area (Å²) < 4.78 is 0. The van der Waals surface area contributed by atoms with Gasteiger partial charge in [0, 0.05) is 5.02 Å². The zero-order chi connectivity index (χ0) is 13.7. The molecule has 1 atom stereocenters. The van der Waals surface area contributed by atoms with Crippen LogP contribution in [0.2, 0.25) is 5.02 Å². The zero-order valence-electron chi connectivity index (χ0n) is 11.4. The minimum Gasteiger partial charge on any atom is -0.348 e. The molecule has 0 aromatic heterocycles. The van der Waals surface area contributed by atoms with Crippen molar-refractivity contribution in [1.82, 2.24) is 10.2 Å². The molecule has 2 rings (SSSR count). The van der Waals surface area contributed by atoms with E-state index in [-0.39, 0.29) is 11.9 Å². The minimum atomic E-state index is -0.0500. The van der Waals surface area contributed by atoms with Crippen LogP contribution in [0.15, 0.2) is 24.3 Å². The third-order valence-electron chi connectivity index (χ3n) is 3.57. The number of halogens is 1. The van der Waals surface area contributed by atoms with Gasteiger partial charge in [-0.25, -0.2) is 0 Å². The molecule has 1 aromatic rings. The van der Waals surface area contributed by atoms with Crippen LogP contribution in [0.25, 0.3) is 0 Å². The van der Waals surface area contributed by atoms with E-state index in [9.17, 15) is 4.79 Å². The van der Waals surface area contributed by atoms with Gasteiger partial charge in [0.1, 0.15) is 0 Å². The molecule has 0 saturated carbocycles. The summed E-state index contributed by atoms with van der Waals surface area (Å²) >= 11 is 6.13. The van der Waals surface area contributed by atoms with Gasteiger partial charge in [0.25, 0.3) is 0 Å². The summed E-state index contributed by atoms with van der Waals surface area (Å²) in [6, 6.07) is 7.59. The fourth-order valence-corrected chi connectivity index (χ4v) is 2.81. The van der Waals surface area contributed by atoms with Crippen molar-refractivity contribution in [2.24, 2.45) is 0 Å². The molecular weight excluding hydrogens is 260 g/mol. The molecule has 1 saturated heterocycles. The second-order valence-electron chi connectivity index (χ2n) is 5.15. The Hall–Kier alpha value is -1.06. The van der Waals surface area contributed by atoms with E-state index in [1.165, 1.54) is 19.3 Å². The molecule has 0 bridgehead atoms. The predicted molar refractivity (Wildman–Crippen MR) is 78.3 cm³/mol. The lowest BCUT2D eigenvalue weighted by atomic mass is 10.1. The van der Waals surface area contributed by atoms with E-state index in [4.69, 9.17) is 11.6 Å². The first-order valence-electron chi connectivity index (χ1n) is 6.93. The van der Waals surface area contributed by atoms with Crippen LogP contribution >= 0.6 is 11.6 Å². The second-order valence-corrected chi connectivity index (χ2v) is 5.55. The van der Waals surface area contributed by atoms with Crippen LogP contribution in [0.3, 0.4) is 0 Å². The lowest BCUT2D eigenvalue weighted by molar-refractivity contribution is -0.123. The van der Waals surface area contributed by atoms with Crippen molar-refractivity contribution in [3.05, 3.63) is 34.9 Å². The van der Waals surface area contributed by atoms with Crippen LogP contribution in [-0.4, -0.2) is 30.4 Å². The fourth-order valence-electron chi connectivity index (χ4n) is 2.51. The average Bonchev–Trinajstić information content (AvgIpc) is 2.40. The maximum absolute atomic E-state index is 12.0. The smallest absolute Gasteiger partial charge is 0.234 e. The van der Waals surface area contributed by atoms with E-state index in [0.717, 1.165) is 18.7 Å². The molecule has 4 heteroatoms. The van der Waals surface area contributed by atoms with Crippen molar-refractivity contribution in [1.29, 1.82) is 0 Å². The van der Waals surface area contributed by atoms with Gasteiger partial charge in [0.2, 0.25) is 5.91 Å². The Morgan fingerprint density at radius 2 is 2.00 bits per heavy atom. The molecule has 1 fully saturated rings. The van der Waals surface area contributed by atoms with Crippen molar-refractivity contribution in [2.75, 3.05) is 19.6 Å². The molecule has 0 spiro atoms. The van der Waals surface area contributed by atoms with E-state index >= 15 is 0 Å². The predicted octanol–water partition coefficient (Wildman–Crippen LogP) is 3.00. The molecule has 0 aliphatic carbocycles. The van der Waals surface area contributed by atoms with Crippen molar-refractivity contribution in [3.63, 3.8) is 0 Å². The number of rotatable bonds is 4. The quantitative estimate of drug-likeness (QED) is 0.920. The molecule has 1 aliphatic rings. The molecule has 19 heavy (non-hydrogen) atoms. The molecule has 104 valence electrons. The number of hydrogen-bond acceptors (Lipinski definition) is 2. The third-order valence-corrected chi connectivity index (χ3v) is 3.91. The number of carbonyl (C=O) groups excluding carboxylic acids is 1. The van der Waals surface area contributed by atoms with E-state index in [1.807, 2.05) is 31.2 Å². The van der Waals surface area contributed by atoms with Gasteiger partial charge in [0.05, 0.1) is 12.6 Å². The van der Waals surface area contributed by atoms with E-state index in [0.29, 0.717) is 11.6 Å². The minimum absolute atomic E-state index is 0.0500. The Bertz CT molecular complexity index is 430. The van der Waals surface area contributed by atoms with Gasteiger partial charge in [-0.15, -0.1) is 0 Å². The first kappa shape index (κ1) is 14.4. The van der Waals surface area contributed by atoms with Crippen LogP contribution in [0, 0.1) is 0 Å². The van der Waals surface area contributed by atoms with Crippen LogP contribution in [0.5, 0.6) is 0 Å². The van der Waals surface area contributed by atoms with Crippen LogP contribution in [0.1, 0.15) is 37.8 Å². The maximum atomic E-state index is 12.0. The van der Waals surface area contributed by atoms with Crippen LogP contribution in [-0.2, 0) is 4.79 Å². The van der Waals surface area contributed by atoms with Gasteiger partial charge in [-0.05, 0) is 44.5 Å². The summed E-state index contributed by atoms with van der Waals surface area (Å²) in [7, 11) is 0. The normalized spacial score (nSPS) is 18.0. The van der Waals surface area contributed by atoms with E-state index in [1.54, 1.807) is 0 Å². The number of carbonyl (C=O) groups is 1. The summed E-state index contributed by atoms with van der Waals surface area (Å²) in [6.07, 6.45) is 3.69. The molecular formula is C15H21ClN2O. The van der Waals surface area contributed by atoms with Gasteiger partial charge in [-0.3, -0.25) is 9.69 Å². The molecule has 3 nitrogen and oxygen atoms in total. The van der Waals surface area contributed by atoms with Crippen LogP contribution in [0.4, 0.5) is 0 Å². The molecule has 1 N–H and O–H groups in total. The van der Waals surface area contributed by atoms with Crippen molar-refractivity contribution < 1.29 is 4.79 Å². The van der Waals surface area contributed by atoms with Gasteiger partial charge in [-0.2, -0.15) is 0 Å². The summed E-state index contributed by atoms with van der Waals surface area (Å²) in [4.78, 5) is 14.2. The third kappa shape index (κ3) is 4.22. The summed E-state index contributed by atoms with van der Waals surface area (Å²) in [5.41, 5.74) is 0.969. The van der Waals surface area contributed by atoms with E-state index < -0.39 is 0 Å². The van der Waals surface area contributed by atoms with Gasteiger partial charge >= 0.3 is 0 Å². The Balaban J connectivity index is 1.86. The number of nitrogens with one attached hydrogen (secondary N) is 1. The number of likely N-dealkylation sites (tertiary alicyclic amines) is 1. The first-order chi connectivity index (χ1) is 9.16. The number of amides is 1. The molecule has 1 aromatic carbocycles. The summed E-state index contributed by atoms with van der Waals surface area (Å²) in [6.45, 7) is 4.53. The zero-order valence-corrected chi connectivity index (χ0v) is 12.1. The maximum Gasteiger partial charge on any atom is 0.234 e. The summed E-state index contributed by atoms with van der Waals surface area (Å²) in [5.74, 6) is 0.0781. The SMILES string of the molecule is CC(NC(=O)CN1CCCCC1)c1ccccc1Cl. The fraction of sp³-hybridized carbons (Fsp3) is 0.533. The highest BCUT2D eigenvalue weighted by Crippen LogP contribution is 2.22. The number of hydrogen-bond donors (Lipinski definition) is 1. The van der Waals surface area contributed by atoms with Crippen molar-refractivity contribution in [2.45, 2.75) is 32.2 Å². The highest BCUT2D eigenvalue weighted by molar-refractivity contribution is 6.31. The Morgan fingerprint density at radius 1 is 1.32 bits per heavy atom. The summed E-state index contributed by atoms with van der Waals surface area (Å²) in [5, 5.41) is 3.72. The second kappa shape index (κ2) is 6.92. The van der Waals surface area contributed by atoms with Gasteiger partial charge in [0.15, 0.2) is 0 Å². The molecule has 0 radical (unpaired) electrons. The van der Waals surface area contributed by atoms with Crippen LogP contribution < -0.4 is 5.32 Å². The standard InChI is InChI=1S/C15H21ClN2O/c1-12(13-7-3-4-8-14(13)16)17-15(19)11-18-9-5-2-6-10-18/h3-4,7-8,12H,2,5-6,9-11H2,1H3,(H,17,19). The van der Waals surface area contributed by atoms with Gasteiger partial charge < -0.3 is 5.32 Å². The van der Waals surface area contributed by atoms with E-state index in [2.05, 4.69) is 10.2 Å².